The maximum absolute atomic E-state index is 12.6. The maximum atomic E-state index is 12.6. The second-order valence-electron chi connectivity index (χ2n) is 8.06. The lowest BCUT2D eigenvalue weighted by molar-refractivity contribution is -0.118. The van der Waals surface area contributed by atoms with E-state index in [1.807, 2.05) is 26.8 Å². The summed E-state index contributed by atoms with van der Waals surface area (Å²) >= 11 is 8.20. The molecule has 2 N–H and O–H groups in total. The van der Waals surface area contributed by atoms with Crippen molar-refractivity contribution >= 4 is 57.9 Å². The third kappa shape index (κ3) is 8.49. The fourth-order valence-corrected chi connectivity index (χ4v) is 4.34. The van der Waals surface area contributed by atoms with Crippen LogP contribution in [0, 0.1) is 10.5 Å². The number of nitrogens with zero attached hydrogens (tertiary/aromatic N) is 1. The summed E-state index contributed by atoms with van der Waals surface area (Å²) in [6.07, 6.45) is 1.48. The molecule has 0 aliphatic heterocycles. The van der Waals surface area contributed by atoms with Gasteiger partial charge in [0.15, 0.2) is 29.6 Å². The highest BCUT2D eigenvalue weighted by atomic mass is 127. The van der Waals surface area contributed by atoms with Crippen LogP contribution < -0.4 is 29.7 Å². The number of carbonyl (C=O) groups is 2. The topological polar surface area (TPSA) is 107 Å². The summed E-state index contributed by atoms with van der Waals surface area (Å²) in [5, 5.41) is 7.38. The summed E-state index contributed by atoms with van der Waals surface area (Å²) in [6.45, 7) is 6.31. The van der Waals surface area contributed by atoms with Crippen molar-refractivity contribution in [1.82, 2.24) is 5.43 Å². The van der Waals surface area contributed by atoms with Crippen LogP contribution in [0.1, 0.15) is 35.3 Å². The second-order valence-corrected chi connectivity index (χ2v) is 9.63. The van der Waals surface area contributed by atoms with Gasteiger partial charge in [-0.3, -0.25) is 9.59 Å². The molecule has 39 heavy (non-hydrogen) atoms. The first-order chi connectivity index (χ1) is 18.7. The maximum Gasteiger partial charge on any atom is 0.271 e. The van der Waals surface area contributed by atoms with Gasteiger partial charge in [0.1, 0.15) is 0 Å². The van der Waals surface area contributed by atoms with Gasteiger partial charge in [-0.25, -0.2) is 5.43 Å². The van der Waals surface area contributed by atoms with E-state index in [2.05, 4.69) is 38.4 Å². The predicted octanol–water partition coefficient (Wildman–Crippen LogP) is 5.84. The second kappa shape index (κ2) is 14.6. The Morgan fingerprint density at radius 1 is 0.974 bits per heavy atom. The van der Waals surface area contributed by atoms with Crippen molar-refractivity contribution < 1.29 is 28.5 Å². The van der Waals surface area contributed by atoms with Gasteiger partial charge in [-0.1, -0.05) is 17.7 Å². The SMILES string of the molecule is CCOc1ccc(C(=O)N/N=C/c2cc(I)c(OCC(=O)Nc3ccc(C)c(Cl)c3)c(OC)c2)cc1OCC. The van der Waals surface area contributed by atoms with Crippen LogP contribution in [0.25, 0.3) is 0 Å². The average molecular weight is 666 g/mol. The van der Waals surface area contributed by atoms with E-state index in [0.717, 1.165) is 5.56 Å². The average Bonchev–Trinajstić information content (AvgIpc) is 2.91. The molecule has 3 aromatic rings. The molecule has 0 saturated heterocycles. The van der Waals surface area contributed by atoms with Crippen LogP contribution in [0.4, 0.5) is 5.69 Å². The molecule has 0 atom stereocenters. The number of methoxy groups -OCH3 is 1. The number of amides is 2. The van der Waals surface area contributed by atoms with Crippen molar-refractivity contribution in [3.63, 3.8) is 0 Å². The van der Waals surface area contributed by atoms with Gasteiger partial charge in [0.2, 0.25) is 0 Å². The molecule has 0 aliphatic rings. The number of nitrogens with one attached hydrogen (secondary N) is 2. The monoisotopic (exact) mass is 665 g/mol. The lowest BCUT2D eigenvalue weighted by Crippen LogP contribution is -2.20. The van der Waals surface area contributed by atoms with Crippen molar-refractivity contribution in [1.29, 1.82) is 0 Å². The zero-order chi connectivity index (χ0) is 28.4. The predicted molar refractivity (Wildman–Crippen MR) is 160 cm³/mol. The molecule has 0 unspecified atom stereocenters. The molecule has 0 radical (unpaired) electrons. The molecule has 3 rings (SSSR count). The molecule has 0 aromatic heterocycles. The van der Waals surface area contributed by atoms with Gasteiger partial charge in [-0.05, 0) is 97.0 Å². The Labute approximate surface area is 246 Å². The zero-order valence-electron chi connectivity index (χ0n) is 22.0. The highest BCUT2D eigenvalue weighted by Gasteiger charge is 2.14. The summed E-state index contributed by atoms with van der Waals surface area (Å²) in [5.74, 6) is 1.13. The van der Waals surface area contributed by atoms with Crippen LogP contribution in [0.2, 0.25) is 5.02 Å². The van der Waals surface area contributed by atoms with E-state index >= 15 is 0 Å². The zero-order valence-corrected chi connectivity index (χ0v) is 24.9. The molecule has 9 nitrogen and oxygen atoms in total. The van der Waals surface area contributed by atoms with Crippen molar-refractivity contribution in [2.75, 3.05) is 32.2 Å². The standard InChI is InChI=1S/C28H29ClIN3O6/c1-5-37-23-10-8-19(13-24(23)38-6-2)28(35)33-31-15-18-11-22(30)27(25(12-18)36-4)39-16-26(34)32-20-9-7-17(3)21(29)14-20/h7-15H,5-6,16H2,1-4H3,(H,32,34)(H,33,35)/b31-15+. The number of hydrazone groups is 1. The number of hydrogen-bond donors (Lipinski definition) is 2. The third-order valence-corrected chi connectivity index (χ3v) is 6.45. The molecule has 0 fully saturated rings. The highest BCUT2D eigenvalue weighted by Crippen LogP contribution is 2.34. The van der Waals surface area contributed by atoms with E-state index in [0.29, 0.717) is 61.6 Å². The summed E-state index contributed by atoms with van der Waals surface area (Å²) in [5.41, 5.74) is 5.04. The Kier molecular flexibility index (Phi) is 11.2. The number of halogens is 2. The fourth-order valence-electron chi connectivity index (χ4n) is 3.38. The van der Waals surface area contributed by atoms with Gasteiger partial charge < -0.3 is 24.3 Å². The van der Waals surface area contributed by atoms with E-state index in [1.165, 1.54) is 13.3 Å². The van der Waals surface area contributed by atoms with Crippen LogP contribution in [-0.2, 0) is 4.79 Å². The smallest absolute Gasteiger partial charge is 0.271 e. The minimum Gasteiger partial charge on any atom is -0.493 e. The molecule has 11 heteroatoms. The van der Waals surface area contributed by atoms with Crippen molar-refractivity contribution in [2.45, 2.75) is 20.8 Å². The van der Waals surface area contributed by atoms with E-state index in [1.54, 1.807) is 42.5 Å². The molecule has 0 bridgehead atoms. The highest BCUT2D eigenvalue weighted by molar-refractivity contribution is 14.1. The number of ether oxygens (including phenoxy) is 4. The lowest BCUT2D eigenvalue weighted by Gasteiger charge is -2.14. The van der Waals surface area contributed by atoms with Crippen LogP contribution in [-0.4, -0.2) is 45.0 Å². The number of hydrogen-bond acceptors (Lipinski definition) is 7. The van der Waals surface area contributed by atoms with Gasteiger partial charge >= 0.3 is 0 Å². The number of aryl methyl sites for hydroxylation is 1. The molecule has 0 saturated carbocycles. The van der Waals surface area contributed by atoms with Crippen LogP contribution >= 0.6 is 34.2 Å². The van der Waals surface area contributed by atoms with Crippen molar-refractivity contribution in [2.24, 2.45) is 5.10 Å². The lowest BCUT2D eigenvalue weighted by atomic mass is 10.2. The van der Waals surface area contributed by atoms with E-state index < -0.39 is 5.91 Å². The Balaban J connectivity index is 1.64. The van der Waals surface area contributed by atoms with E-state index in [-0.39, 0.29) is 12.5 Å². The van der Waals surface area contributed by atoms with Gasteiger partial charge in [0.05, 0.1) is 30.1 Å². The minimum atomic E-state index is -0.405. The fraction of sp³-hybridized carbons (Fsp3) is 0.250. The number of carbonyl (C=O) groups excluding carboxylic acids is 2. The van der Waals surface area contributed by atoms with Crippen LogP contribution in [0.5, 0.6) is 23.0 Å². The van der Waals surface area contributed by atoms with Crippen molar-refractivity contribution in [3.8, 4) is 23.0 Å². The van der Waals surface area contributed by atoms with Crippen LogP contribution in [0.3, 0.4) is 0 Å². The van der Waals surface area contributed by atoms with Gasteiger partial charge in [0.25, 0.3) is 11.8 Å². The summed E-state index contributed by atoms with van der Waals surface area (Å²) in [4.78, 5) is 25.0. The molecular formula is C28H29ClIN3O6. The summed E-state index contributed by atoms with van der Waals surface area (Å²) < 4.78 is 23.0. The Morgan fingerprint density at radius 3 is 2.41 bits per heavy atom. The quantitative estimate of drug-likeness (QED) is 0.143. The van der Waals surface area contributed by atoms with Crippen molar-refractivity contribution in [3.05, 3.63) is 73.8 Å². The molecule has 2 amide bonds. The van der Waals surface area contributed by atoms with Gasteiger partial charge in [-0.2, -0.15) is 5.10 Å². The minimum absolute atomic E-state index is 0.229. The molecular weight excluding hydrogens is 637 g/mol. The third-order valence-electron chi connectivity index (χ3n) is 5.24. The number of benzene rings is 3. The summed E-state index contributed by atoms with van der Waals surface area (Å²) in [7, 11) is 1.50. The Bertz CT molecular complexity index is 1370. The van der Waals surface area contributed by atoms with Gasteiger partial charge in [-0.15, -0.1) is 0 Å². The first kappa shape index (κ1) is 30.0. The van der Waals surface area contributed by atoms with E-state index in [9.17, 15) is 9.59 Å². The molecule has 0 heterocycles. The van der Waals surface area contributed by atoms with Gasteiger partial charge in [0, 0.05) is 16.3 Å². The normalized spacial score (nSPS) is 10.7. The number of anilines is 1. The number of rotatable bonds is 12. The van der Waals surface area contributed by atoms with E-state index in [4.69, 9.17) is 30.5 Å². The Hall–Kier alpha value is -3.51. The molecule has 0 spiro atoms. The molecule has 0 aliphatic carbocycles. The first-order valence-electron chi connectivity index (χ1n) is 12.0. The first-order valence-corrected chi connectivity index (χ1v) is 13.5. The largest absolute Gasteiger partial charge is 0.493 e. The van der Waals surface area contributed by atoms with Crippen LogP contribution in [0.15, 0.2) is 53.6 Å². The Morgan fingerprint density at radius 2 is 1.72 bits per heavy atom. The molecule has 206 valence electrons. The summed E-state index contributed by atoms with van der Waals surface area (Å²) in [6, 6.07) is 13.7. The molecule has 3 aromatic carbocycles.